The maximum atomic E-state index is 13.6. The molecule has 178 valence electrons. The molecule has 0 fully saturated rings. The predicted octanol–water partition coefficient (Wildman–Crippen LogP) is 6.21. The Labute approximate surface area is 199 Å². The fourth-order valence-corrected chi connectivity index (χ4v) is 3.79. The molecule has 0 atom stereocenters. The molecule has 3 aromatic carbocycles. The Hall–Kier alpha value is -4.66. The number of rotatable bonds is 7. The van der Waals surface area contributed by atoms with Gasteiger partial charge in [0, 0.05) is 46.0 Å². The summed E-state index contributed by atoms with van der Waals surface area (Å²) < 4.78 is 30.3. The number of halogens is 1. The minimum atomic E-state index is -0.983. The molecule has 0 radical (unpaired) electrons. The van der Waals surface area contributed by atoms with E-state index in [0.29, 0.717) is 28.2 Å². The Morgan fingerprint density at radius 2 is 1.80 bits per heavy atom. The number of furan rings is 1. The number of hydrogen-bond acceptors (Lipinski definition) is 6. The van der Waals surface area contributed by atoms with Crippen LogP contribution in [-0.4, -0.2) is 25.1 Å². The Morgan fingerprint density at radius 3 is 2.51 bits per heavy atom. The minimum Gasteiger partial charge on any atom is -0.496 e. The highest BCUT2D eigenvalue weighted by Crippen LogP contribution is 2.40. The number of nitrogens with zero attached hydrogens (tertiary/aromatic N) is 1. The molecule has 0 bridgehead atoms. The van der Waals surface area contributed by atoms with Crippen LogP contribution < -0.4 is 14.8 Å². The molecular formula is C26H21FN2O6. The van der Waals surface area contributed by atoms with E-state index in [-0.39, 0.29) is 5.69 Å². The summed E-state index contributed by atoms with van der Waals surface area (Å²) in [5.41, 5.74) is 2.87. The lowest BCUT2D eigenvalue weighted by atomic mass is 9.98. The number of allylic oxidation sites excluding steroid dienone is 1. The number of carbonyl (C=O) groups excluding carboxylic acids is 1. The Bertz CT molecular complexity index is 1470. The lowest BCUT2D eigenvalue weighted by Crippen LogP contribution is -2.09. The number of carbonyl (C=O) groups is 1. The van der Waals surface area contributed by atoms with Crippen molar-refractivity contribution in [2.45, 2.75) is 6.92 Å². The van der Waals surface area contributed by atoms with Crippen molar-refractivity contribution in [3.05, 3.63) is 88.4 Å². The number of anilines is 1. The average molecular weight is 476 g/mol. The van der Waals surface area contributed by atoms with E-state index in [1.807, 2.05) is 30.3 Å². The predicted molar refractivity (Wildman–Crippen MR) is 130 cm³/mol. The lowest BCUT2D eigenvalue weighted by molar-refractivity contribution is -0.387. The van der Waals surface area contributed by atoms with Gasteiger partial charge in [0.25, 0.3) is 0 Å². The zero-order valence-electron chi connectivity index (χ0n) is 19.1. The number of methoxy groups -OCH3 is 2. The van der Waals surface area contributed by atoms with Crippen molar-refractivity contribution in [1.29, 1.82) is 0 Å². The molecule has 0 unspecified atom stereocenters. The number of nitrogens with one attached hydrogen (secondary N) is 1. The van der Waals surface area contributed by atoms with E-state index < -0.39 is 22.3 Å². The standard InChI is InChI=1S/C26H21FN2O6/c1-15(10-26(30)28-16-8-9-21(27)22(11-16)29(31)32)18-12-19-20(14-35-25(19)13-24(18)34-3)17-6-4-5-7-23(17)33-2/h4-14H,1-3H3,(H,28,30)/b15-10+. The van der Waals surface area contributed by atoms with Gasteiger partial charge in [-0.1, -0.05) is 18.2 Å². The molecule has 0 aliphatic carbocycles. The first-order valence-electron chi connectivity index (χ1n) is 10.5. The summed E-state index contributed by atoms with van der Waals surface area (Å²) in [5, 5.41) is 14.3. The molecule has 1 amide bonds. The third-order valence-electron chi connectivity index (χ3n) is 5.48. The van der Waals surface area contributed by atoms with Crippen molar-refractivity contribution in [3.8, 4) is 22.6 Å². The normalized spacial score (nSPS) is 11.4. The number of benzene rings is 3. The van der Waals surface area contributed by atoms with Crippen molar-refractivity contribution < 1.29 is 28.0 Å². The largest absolute Gasteiger partial charge is 0.496 e. The zero-order chi connectivity index (χ0) is 25.1. The summed E-state index contributed by atoms with van der Waals surface area (Å²) in [4.78, 5) is 22.7. The Morgan fingerprint density at radius 1 is 1.06 bits per heavy atom. The smallest absolute Gasteiger partial charge is 0.306 e. The number of para-hydroxylation sites is 1. The number of nitro benzene ring substituents is 1. The van der Waals surface area contributed by atoms with E-state index in [2.05, 4.69) is 5.32 Å². The van der Waals surface area contributed by atoms with Gasteiger partial charge in [0.15, 0.2) is 0 Å². The molecule has 0 spiro atoms. The number of nitro groups is 1. The number of fused-ring (bicyclic) bond motifs is 1. The van der Waals surface area contributed by atoms with Gasteiger partial charge >= 0.3 is 5.69 Å². The van der Waals surface area contributed by atoms with Crippen molar-refractivity contribution in [2.24, 2.45) is 0 Å². The first kappa shape index (κ1) is 23.5. The monoisotopic (exact) mass is 476 g/mol. The molecule has 0 saturated heterocycles. The van der Waals surface area contributed by atoms with Gasteiger partial charge in [0.05, 0.1) is 25.4 Å². The first-order chi connectivity index (χ1) is 16.8. The van der Waals surface area contributed by atoms with Crippen LogP contribution >= 0.6 is 0 Å². The van der Waals surface area contributed by atoms with Crippen LogP contribution in [0.5, 0.6) is 11.5 Å². The van der Waals surface area contributed by atoms with Crippen molar-refractivity contribution in [1.82, 2.24) is 0 Å². The molecule has 0 aliphatic heterocycles. The molecule has 1 heterocycles. The van der Waals surface area contributed by atoms with Crippen molar-refractivity contribution >= 4 is 33.8 Å². The zero-order valence-corrected chi connectivity index (χ0v) is 19.1. The molecule has 8 nitrogen and oxygen atoms in total. The Kier molecular flexibility index (Phi) is 6.50. The van der Waals surface area contributed by atoms with E-state index in [1.54, 1.807) is 26.4 Å². The SMILES string of the molecule is COc1cc2occ(-c3ccccc3OC)c2cc1/C(C)=C/C(=O)Nc1ccc(F)c([N+](=O)[O-])c1. The van der Waals surface area contributed by atoms with Crippen molar-refractivity contribution in [3.63, 3.8) is 0 Å². The fourth-order valence-electron chi connectivity index (χ4n) is 3.79. The highest BCUT2D eigenvalue weighted by molar-refractivity contribution is 6.05. The second kappa shape index (κ2) is 9.68. The quantitative estimate of drug-likeness (QED) is 0.193. The van der Waals surface area contributed by atoms with Crippen molar-refractivity contribution in [2.75, 3.05) is 19.5 Å². The van der Waals surface area contributed by atoms with Crippen LogP contribution in [0.1, 0.15) is 12.5 Å². The summed E-state index contributed by atoms with van der Waals surface area (Å²) in [6.07, 6.45) is 2.97. The summed E-state index contributed by atoms with van der Waals surface area (Å²) in [6, 6.07) is 14.3. The molecule has 35 heavy (non-hydrogen) atoms. The molecule has 0 saturated carbocycles. The fraction of sp³-hybridized carbons (Fsp3) is 0.115. The van der Waals surface area contributed by atoms with Crippen LogP contribution in [0.15, 0.2) is 71.4 Å². The summed E-state index contributed by atoms with van der Waals surface area (Å²) in [7, 11) is 3.11. The van der Waals surface area contributed by atoms with Gasteiger partial charge in [0.2, 0.25) is 11.7 Å². The van der Waals surface area contributed by atoms with Crippen LogP contribution in [0.2, 0.25) is 0 Å². The van der Waals surface area contributed by atoms with Crippen LogP contribution in [0.4, 0.5) is 15.8 Å². The summed E-state index contributed by atoms with van der Waals surface area (Å²) in [6.45, 7) is 1.74. The molecule has 4 aromatic rings. The van der Waals surface area contributed by atoms with E-state index in [9.17, 15) is 19.3 Å². The highest BCUT2D eigenvalue weighted by Gasteiger charge is 2.18. The molecule has 9 heteroatoms. The van der Waals surface area contributed by atoms with Gasteiger partial charge in [0.1, 0.15) is 17.1 Å². The van der Waals surface area contributed by atoms with Gasteiger partial charge in [-0.3, -0.25) is 14.9 Å². The third kappa shape index (κ3) is 4.70. The minimum absolute atomic E-state index is 0.0999. The Balaban J connectivity index is 1.71. The van der Waals surface area contributed by atoms with Gasteiger partial charge in [-0.15, -0.1) is 0 Å². The second-order valence-corrected chi connectivity index (χ2v) is 7.64. The maximum Gasteiger partial charge on any atom is 0.306 e. The van der Waals surface area contributed by atoms with Gasteiger partial charge < -0.3 is 19.2 Å². The molecule has 4 rings (SSSR count). The van der Waals surface area contributed by atoms with E-state index in [0.717, 1.165) is 28.6 Å². The van der Waals surface area contributed by atoms with E-state index in [4.69, 9.17) is 13.9 Å². The maximum absolute atomic E-state index is 13.6. The lowest BCUT2D eigenvalue weighted by Gasteiger charge is -2.11. The highest BCUT2D eigenvalue weighted by atomic mass is 19.1. The molecule has 1 N–H and O–H groups in total. The summed E-state index contributed by atoms with van der Waals surface area (Å²) >= 11 is 0. The van der Waals surface area contributed by atoms with Crippen LogP contribution in [0.25, 0.3) is 27.7 Å². The van der Waals surface area contributed by atoms with Crippen LogP contribution in [0.3, 0.4) is 0 Å². The first-order valence-corrected chi connectivity index (χ1v) is 10.5. The molecular weight excluding hydrogens is 455 g/mol. The average Bonchev–Trinajstić information content (AvgIpc) is 3.26. The van der Waals surface area contributed by atoms with E-state index >= 15 is 0 Å². The second-order valence-electron chi connectivity index (χ2n) is 7.64. The van der Waals surface area contributed by atoms with E-state index in [1.165, 1.54) is 19.3 Å². The number of amides is 1. The molecule has 1 aromatic heterocycles. The number of hydrogen-bond donors (Lipinski definition) is 1. The van der Waals surface area contributed by atoms with Crippen LogP contribution in [-0.2, 0) is 4.79 Å². The van der Waals surface area contributed by atoms with Gasteiger partial charge in [-0.05, 0) is 36.8 Å². The third-order valence-corrected chi connectivity index (χ3v) is 5.48. The van der Waals surface area contributed by atoms with Gasteiger partial charge in [-0.25, -0.2) is 0 Å². The van der Waals surface area contributed by atoms with Gasteiger partial charge in [-0.2, -0.15) is 4.39 Å². The summed E-state index contributed by atoms with van der Waals surface area (Å²) in [5.74, 6) is -0.337. The van der Waals surface area contributed by atoms with Crippen LogP contribution in [0, 0.1) is 15.9 Å². The topological polar surface area (TPSA) is 104 Å². The molecule has 0 aliphatic rings. The number of ether oxygens (including phenoxy) is 2.